The molecule has 0 saturated heterocycles. The van der Waals surface area contributed by atoms with Gasteiger partial charge in [0, 0.05) is 22.0 Å². The van der Waals surface area contributed by atoms with Crippen LogP contribution >= 0.6 is 23.2 Å². The highest BCUT2D eigenvalue weighted by atomic mass is 35.5. The molecule has 2 aromatic rings. The Labute approximate surface area is 135 Å². The third-order valence-corrected chi connectivity index (χ3v) is 4.31. The highest BCUT2D eigenvalue weighted by Crippen LogP contribution is 2.38. The van der Waals surface area contributed by atoms with Crippen molar-refractivity contribution in [1.29, 1.82) is 0 Å². The lowest BCUT2D eigenvalue weighted by Crippen LogP contribution is -1.99. The second-order valence-corrected chi connectivity index (χ2v) is 6.35. The van der Waals surface area contributed by atoms with Crippen molar-refractivity contribution in [2.24, 2.45) is 0 Å². The molecule has 2 nitrogen and oxygen atoms in total. The first-order chi connectivity index (χ1) is 9.81. The van der Waals surface area contributed by atoms with Crippen LogP contribution < -0.4 is 0 Å². The summed E-state index contributed by atoms with van der Waals surface area (Å²) in [6.07, 6.45) is 0.379. The summed E-state index contributed by atoms with van der Waals surface area (Å²) >= 11 is 12.2. The van der Waals surface area contributed by atoms with Crippen molar-refractivity contribution in [1.82, 2.24) is 0 Å². The molecule has 0 atom stereocenters. The molecule has 0 heterocycles. The van der Waals surface area contributed by atoms with Gasteiger partial charge in [-0.3, -0.25) is 0 Å². The van der Waals surface area contributed by atoms with E-state index in [0.717, 1.165) is 16.7 Å². The Balaban J connectivity index is 2.56. The number of phenolic OH excluding ortho intramolecular Hbond substituents is 2. The fourth-order valence-corrected chi connectivity index (χ4v) is 2.78. The van der Waals surface area contributed by atoms with E-state index in [0.29, 0.717) is 22.0 Å². The van der Waals surface area contributed by atoms with Gasteiger partial charge in [0.1, 0.15) is 11.5 Å². The first-order valence-corrected chi connectivity index (χ1v) is 7.55. The zero-order valence-electron chi connectivity index (χ0n) is 12.2. The Bertz CT molecular complexity index is 679. The molecule has 0 fully saturated rings. The van der Waals surface area contributed by atoms with Crippen molar-refractivity contribution in [3.8, 4) is 11.5 Å². The van der Waals surface area contributed by atoms with Crippen LogP contribution in [0, 0.1) is 6.92 Å². The van der Waals surface area contributed by atoms with E-state index in [1.165, 1.54) is 0 Å². The van der Waals surface area contributed by atoms with Gasteiger partial charge in [-0.1, -0.05) is 37.0 Å². The smallest absolute Gasteiger partial charge is 0.122 e. The second-order valence-electron chi connectivity index (χ2n) is 5.50. The maximum atomic E-state index is 10.5. The number of hydrogen-bond donors (Lipinski definition) is 2. The largest absolute Gasteiger partial charge is 0.508 e. The zero-order chi connectivity index (χ0) is 15.7. The van der Waals surface area contributed by atoms with Crippen molar-refractivity contribution >= 4 is 23.2 Å². The lowest BCUT2D eigenvalue weighted by atomic mass is 9.92. The van der Waals surface area contributed by atoms with E-state index in [4.69, 9.17) is 23.2 Å². The minimum absolute atomic E-state index is 0.157. The molecule has 0 aliphatic heterocycles. The third-order valence-electron chi connectivity index (χ3n) is 3.68. The van der Waals surface area contributed by atoms with Crippen LogP contribution in [0.2, 0.25) is 10.0 Å². The van der Waals surface area contributed by atoms with Gasteiger partial charge in [-0.25, -0.2) is 0 Å². The summed E-state index contributed by atoms with van der Waals surface area (Å²) in [5.41, 5.74) is 3.02. The predicted octanol–water partition coefficient (Wildman–Crippen LogP) is 5.43. The van der Waals surface area contributed by atoms with Crippen LogP contribution in [0.1, 0.15) is 42.0 Å². The molecular weight excluding hydrogens is 307 g/mol. The van der Waals surface area contributed by atoms with Gasteiger partial charge >= 0.3 is 0 Å². The Morgan fingerprint density at radius 1 is 1.10 bits per heavy atom. The Morgan fingerprint density at radius 2 is 1.76 bits per heavy atom. The molecule has 21 heavy (non-hydrogen) atoms. The molecule has 0 aliphatic carbocycles. The molecule has 0 radical (unpaired) electrons. The summed E-state index contributed by atoms with van der Waals surface area (Å²) in [5.74, 6) is 0.561. The van der Waals surface area contributed by atoms with Crippen molar-refractivity contribution in [2.45, 2.75) is 33.1 Å². The topological polar surface area (TPSA) is 40.5 Å². The van der Waals surface area contributed by atoms with E-state index in [9.17, 15) is 10.2 Å². The van der Waals surface area contributed by atoms with Crippen LogP contribution in [0.3, 0.4) is 0 Å². The SMILES string of the molecule is Cc1c(Cl)cc(C(C)C)c(O)c1Cc1cc(Cl)ccc1O. The van der Waals surface area contributed by atoms with Crippen molar-refractivity contribution in [2.75, 3.05) is 0 Å². The van der Waals surface area contributed by atoms with E-state index in [-0.39, 0.29) is 17.4 Å². The quantitative estimate of drug-likeness (QED) is 0.790. The number of rotatable bonds is 3. The first-order valence-electron chi connectivity index (χ1n) is 6.79. The summed E-state index contributed by atoms with van der Waals surface area (Å²) in [7, 11) is 0. The first kappa shape index (κ1) is 16.0. The van der Waals surface area contributed by atoms with Gasteiger partial charge in [0.2, 0.25) is 0 Å². The standard InChI is InChI=1S/C17H18Cl2O2/c1-9(2)13-8-15(19)10(3)14(17(13)21)7-11-6-12(18)4-5-16(11)20/h4-6,8-9,20-21H,7H2,1-3H3. The van der Waals surface area contributed by atoms with E-state index in [1.54, 1.807) is 24.3 Å². The van der Waals surface area contributed by atoms with Gasteiger partial charge in [-0.05, 0) is 53.8 Å². The van der Waals surface area contributed by atoms with E-state index in [1.807, 2.05) is 20.8 Å². The Kier molecular flexibility index (Phi) is 4.70. The average Bonchev–Trinajstić information content (AvgIpc) is 2.42. The summed E-state index contributed by atoms with van der Waals surface area (Å²) in [5, 5.41) is 21.6. The molecular formula is C17H18Cl2O2. The highest BCUT2D eigenvalue weighted by molar-refractivity contribution is 6.31. The number of phenols is 2. The molecule has 0 bridgehead atoms. The normalized spacial score (nSPS) is 11.1. The number of aromatic hydroxyl groups is 2. The van der Waals surface area contributed by atoms with Crippen LogP contribution in [0.4, 0.5) is 0 Å². The van der Waals surface area contributed by atoms with Crippen molar-refractivity contribution in [3.63, 3.8) is 0 Å². The maximum Gasteiger partial charge on any atom is 0.122 e. The van der Waals surface area contributed by atoms with E-state index in [2.05, 4.69) is 0 Å². The summed E-state index contributed by atoms with van der Waals surface area (Å²) in [6, 6.07) is 6.69. The molecule has 0 amide bonds. The van der Waals surface area contributed by atoms with Crippen LogP contribution in [0.15, 0.2) is 24.3 Å². The minimum Gasteiger partial charge on any atom is -0.508 e. The molecule has 0 aliphatic rings. The fourth-order valence-electron chi connectivity index (χ4n) is 2.35. The van der Waals surface area contributed by atoms with Gasteiger partial charge < -0.3 is 10.2 Å². The lowest BCUT2D eigenvalue weighted by Gasteiger charge is -2.17. The number of benzene rings is 2. The van der Waals surface area contributed by atoms with Crippen LogP contribution in [0.25, 0.3) is 0 Å². The third kappa shape index (κ3) is 3.28. The minimum atomic E-state index is 0.157. The van der Waals surface area contributed by atoms with Crippen LogP contribution in [-0.2, 0) is 6.42 Å². The molecule has 0 aromatic heterocycles. The molecule has 0 unspecified atom stereocenters. The van der Waals surface area contributed by atoms with E-state index < -0.39 is 0 Å². The molecule has 4 heteroatoms. The summed E-state index contributed by atoms with van der Waals surface area (Å²) in [6.45, 7) is 5.87. The van der Waals surface area contributed by atoms with Crippen LogP contribution in [0.5, 0.6) is 11.5 Å². The van der Waals surface area contributed by atoms with Crippen LogP contribution in [-0.4, -0.2) is 10.2 Å². The highest BCUT2D eigenvalue weighted by Gasteiger charge is 2.17. The monoisotopic (exact) mass is 324 g/mol. The second kappa shape index (κ2) is 6.17. The number of hydrogen-bond acceptors (Lipinski definition) is 2. The molecule has 0 saturated carbocycles. The fraction of sp³-hybridized carbons (Fsp3) is 0.294. The molecule has 2 aromatic carbocycles. The van der Waals surface area contributed by atoms with Crippen molar-refractivity contribution < 1.29 is 10.2 Å². The number of halogens is 2. The zero-order valence-corrected chi connectivity index (χ0v) is 13.8. The Morgan fingerprint density at radius 3 is 2.38 bits per heavy atom. The molecule has 0 spiro atoms. The van der Waals surface area contributed by atoms with Gasteiger partial charge in [0.15, 0.2) is 0 Å². The Hall–Kier alpha value is -1.38. The van der Waals surface area contributed by atoms with Crippen molar-refractivity contribution in [3.05, 3.63) is 56.6 Å². The van der Waals surface area contributed by atoms with E-state index >= 15 is 0 Å². The summed E-state index contributed by atoms with van der Waals surface area (Å²) in [4.78, 5) is 0. The predicted molar refractivity (Wildman–Crippen MR) is 87.9 cm³/mol. The van der Waals surface area contributed by atoms with Gasteiger partial charge in [0.05, 0.1) is 0 Å². The summed E-state index contributed by atoms with van der Waals surface area (Å²) < 4.78 is 0. The van der Waals surface area contributed by atoms with Gasteiger partial charge in [0.25, 0.3) is 0 Å². The molecule has 2 rings (SSSR count). The molecule has 112 valence electrons. The van der Waals surface area contributed by atoms with Gasteiger partial charge in [-0.2, -0.15) is 0 Å². The lowest BCUT2D eigenvalue weighted by molar-refractivity contribution is 0.455. The average molecular weight is 325 g/mol. The maximum absolute atomic E-state index is 10.5. The van der Waals surface area contributed by atoms with Gasteiger partial charge in [-0.15, -0.1) is 0 Å². The molecule has 2 N–H and O–H groups in total.